The Kier molecular flexibility index (Phi) is 7.88. The summed E-state index contributed by atoms with van der Waals surface area (Å²) in [6, 6.07) is 9.52. The van der Waals surface area contributed by atoms with Gasteiger partial charge in [0, 0.05) is 25.7 Å². The Morgan fingerprint density at radius 1 is 1.33 bits per heavy atom. The fourth-order valence-electron chi connectivity index (χ4n) is 3.74. The molecule has 0 saturated heterocycles. The molecule has 1 amide bonds. The van der Waals surface area contributed by atoms with Crippen molar-refractivity contribution in [2.45, 2.75) is 37.8 Å². The molecule has 1 aromatic heterocycles. The van der Waals surface area contributed by atoms with Crippen LogP contribution in [0.5, 0.6) is 5.88 Å². The maximum absolute atomic E-state index is 13.3. The number of rotatable bonds is 7. The molecule has 2 heterocycles. The van der Waals surface area contributed by atoms with Crippen LogP contribution in [0.3, 0.4) is 0 Å². The van der Waals surface area contributed by atoms with Crippen molar-refractivity contribution in [2.75, 3.05) is 26.7 Å². The summed E-state index contributed by atoms with van der Waals surface area (Å²) >= 11 is 0. The maximum atomic E-state index is 13.3. The summed E-state index contributed by atoms with van der Waals surface area (Å²) in [5.41, 5.74) is 1.04. The Balaban J connectivity index is 1.98. The van der Waals surface area contributed by atoms with Crippen LogP contribution in [0.25, 0.3) is 6.08 Å². The van der Waals surface area contributed by atoms with Gasteiger partial charge in [0.15, 0.2) is 0 Å². The van der Waals surface area contributed by atoms with Crippen molar-refractivity contribution in [1.82, 2.24) is 14.2 Å². The third-order valence-electron chi connectivity index (χ3n) is 5.79. The number of aliphatic hydroxyl groups is 1. The van der Waals surface area contributed by atoms with Crippen LogP contribution in [0.4, 0.5) is 0 Å². The number of nitrogens with zero attached hydrogens (tertiary/aromatic N) is 3. The van der Waals surface area contributed by atoms with Gasteiger partial charge in [0.1, 0.15) is 11.7 Å². The predicted molar refractivity (Wildman–Crippen MR) is 126 cm³/mol. The molecule has 0 aliphatic carbocycles. The Labute approximate surface area is 195 Å². The number of pyridine rings is 1. The molecule has 1 N–H and O–H groups in total. The van der Waals surface area contributed by atoms with Crippen molar-refractivity contribution in [2.24, 2.45) is 5.92 Å². The van der Waals surface area contributed by atoms with Gasteiger partial charge in [-0.25, -0.2) is 13.4 Å². The Bertz CT molecular complexity index is 1100. The molecule has 0 radical (unpaired) electrons. The first kappa shape index (κ1) is 24.9. The van der Waals surface area contributed by atoms with Gasteiger partial charge in [-0.05, 0) is 37.6 Å². The van der Waals surface area contributed by atoms with E-state index < -0.39 is 22.2 Å². The zero-order chi connectivity index (χ0) is 24.2. The minimum Gasteiger partial charge on any atom is -0.472 e. The SMILES string of the molecule is CC=Cc1cnc2c(c1)C(=O)N([C@@H](C)CO)C[C@H](C)[C@@H](CN(C)S(=O)(=O)c1ccccc1)O2. The highest BCUT2D eigenvalue weighted by Gasteiger charge is 2.35. The number of fused-ring (bicyclic) bond motifs is 1. The molecule has 3 atom stereocenters. The number of amides is 1. The molecule has 178 valence electrons. The van der Waals surface area contributed by atoms with E-state index in [-0.39, 0.29) is 41.3 Å². The van der Waals surface area contributed by atoms with E-state index in [9.17, 15) is 18.3 Å². The van der Waals surface area contributed by atoms with Crippen LogP contribution in [0.1, 0.15) is 36.7 Å². The van der Waals surface area contributed by atoms with Crippen LogP contribution >= 0.6 is 0 Å². The van der Waals surface area contributed by atoms with E-state index in [0.717, 1.165) is 5.56 Å². The van der Waals surface area contributed by atoms with Crippen LogP contribution < -0.4 is 4.74 Å². The molecule has 0 fully saturated rings. The summed E-state index contributed by atoms with van der Waals surface area (Å²) in [4.78, 5) is 19.5. The van der Waals surface area contributed by atoms with Gasteiger partial charge < -0.3 is 14.7 Å². The summed E-state index contributed by atoms with van der Waals surface area (Å²) in [6.07, 6.45) is 4.73. The van der Waals surface area contributed by atoms with E-state index in [1.54, 1.807) is 54.4 Å². The minimum absolute atomic E-state index is 0.0751. The number of hydrogen-bond donors (Lipinski definition) is 1. The van der Waals surface area contributed by atoms with Gasteiger partial charge in [0.05, 0.1) is 24.1 Å². The fourth-order valence-corrected chi connectivity index (χ4v) is 4.95. The third-order valence-corrected chi connectivity index (χ3v) is 7.63. The average Bonchev–Trinajstić information content (AvgIpc) is 2.81. The van der Waals surface area contributed by atoms with Crippen molar-refractivity contribution in [1.29, 1.82) is 0 Å². The number of aliphatic hydroxyl groups excluding tert-OH is 1. The van der Waals surface area contributed by atoms with E-state index in [2.05, 4.69) is 4.98 Å². The van der Waals surface area contributed by atoms with Gasteiger partial charge in [-0.15, -0.1) is 0 Å². The normalized spacial score (nSPS) is 20.3. The highest BCUT2D eigenvalue weighted by molar-refractivity contribution is 7.89. The smallest absolute Gasteiger partial charge is 0.259 e. The average molecular weight is 474 g/mol. The number of aromatic nitrogens is 1. The molecule has 2 aromatic rings. The molecule has 0 bridgehead atoms. The molecule has 9 heteroatoms. The van der Waals surface area contributed by atoms with Crippen LogP contribution in [-0.4, -0.2) is 72.5 Å². The summed E-state index contributed by atoms with van der Waals surface area (Å²) in [5, 5.41) is 9.74. The number of allylic oxidation sites excluding steroid dienone is 1. The first-order valence-corrected chi connectivity index (χ1v) is 12.4. The van der Waals surface area contributed by atoms with E-state index in [1.807, 2.05) is 26.0 Å². The van der Waals surface area contributed by atoms with Gasteiger partial charge in [-0.3, -0.25) is 4.79 Å². The van der Waals surface area contributed by atoms with Gasteiger partial charge in [-0.2, -0.15) is 4.31 Å². The molecule has 1 aromatic carbocycles. The van der Waals surface area contributed by atoms with Crippen LogP contribution in [0.2, 0.25) is 0 Å². The number of ether oxygens (including phenoxy) is 1. The lowest BCUT2D eigenvalue weighted by atomic mass is 10.00. The molecule has 0 unspecified atom stereocenters. The quantitative estimate of drug-likeness (QED) is 0.664. The molecular formula is C24H31N3O5S. The number of sulfonamides is 1. The molecular weight excluding hydrogens is 442 g/mol. The summed E-state index contributed by atoms with van der Waals surface area (Å²) in [5.74, 6) is -0.340. The van der Waals surface area contributed by atoms with Gasteiger partial charge >= 0.3 is 0 Å². The van der Waals surface area contributed by atoms with Crippen molar-refractivity contribution >= 4 is 22.0 Å². The van der Waals surface area contributed by atoms with Crippen LogP contribution in [-0.2, 0) is 10.0 Å². The summed E-state index contributed by atoms with van der Waals surface area (Å²) in [6.45, 7) is 5.73. The summed E-state index contributed by atoms with van der Waals surface area (Å²) in [7, 11) is -2.20. The van der Waals surface area contributed by atoms with Gasteiger partial charge in [0.25, 0.3) is 5.91 Å². The fraction of sp³-hybridized carbons (Fsp3) is 0.417. The molecule has 3 rings (SSSR count). The van der Waals surface area contributed by atoms with Crippen molar-refractivity contribution in [3.8, 4) is 5.88 Å². The number of likely N-dealkylation sites (N-methyl/N-ethyl adjacent to an activating group) is 1. The lowest BCUT2D eigenvalue weighted by molar-refractivity contribution is 0.0373. The minimum atomic E-state index is -3.72. The summed E-state index contributed by atoms with van der Waals surface area (Å²) < 4.78 is 33.5. The van der Waals surface area contributed by atoms with E-state index in [1.165, 1.54) is 11.4 Å². The number of carbonyl (C=O) groups excluding carboxylic acids is 1. The zero-order valence-electron chi connectivity index (χ0n) is 19.4. The van der Waals surface area contributed by atoms with Crippen molar-refractivity contribution in [3.63, 3.8) is 0 Å². The Hall–Kier alpha value is -2.75. The number of benzene rings is 1. The molecule has 33 heavy (non-hydrogen) atoms. The predicted octanol–water partition coefficient (Wildman–Crippen LogP) is 2.66. The van der Waals surface area contributed by atoms with Crippen LogP contribution in [0.15, 0.2) is 53.6 Å². The van der Waals surface area contributed by atoms with Crippen molar-refractivity contribution in [3.05, 3.63) is 59.8 Å². The lowest BCUT2D eigenvalue weighted by Crippen LogP contribution is -2.50. The maximum Gasteiger partial charge on any atom is 0.259 e. The van der Waals surface area contributed by atoms with Gasteiger partial charge in [0.2, 0.25) is 15.9 Å². The molecule has 0 saturated carbocycles. The lowest BCUT2D eigenvalue weighted by Gasteiger charge is -2.37. The second kappa shape index (κ2) is 10.5. The number of carbonyl (C=O) groups is 1. The largest absolute Gasteiger partial charge is 0.472 e. The van der Waals surface area contributed by atoms with E-state index in [4.69, 9.17) is 4.74 Å². The highest BCUT2D eigenvalue weighted by atomic mass is 32.2. The standard InChI is InChI=1S/C24H31N3O5S/c1-5-9-19-12-21-23(25-13-19)32-22(17(2)14-27(24(21)29)18(3)16-28)15-26(4)33(30,31)20-10-7-6-8-11-20/h5-13,17-18,22,28H,14-16H2,1-4H3/t17-,18-,22+/m0/s1. The van der Waals surface area contributed by atoms with E-state index >= 15 is 0 Å². The van der Waals surface area contributed by atoms with Gasteiger partial charge in [-0.1, -0.05) is 37.3 Å². The highest BCUT2D eigenvalue weighted by Crippen LogP contribution is 2.28. The molecule has 1 aliphatic rings. The van der Waals surface area contributed by atoms with Crippen molar-refractivity contribution < 1.29 is 23.1 Å². The first-order valence-electron chi connectivity index (χ1n) is 10.9. The zero-order valence-corrected chi connectivity index (χ0v) is 20.2. The topological polar surface area (TPSA) is 100 Å². The molecule has 8 nitrogen and oxygen atoms in total. The third kappa shape index (κ3) is 5.43. The Morgan fingerprint density at radius 2 is 2.03 bits per heavy atom. The molecule has 0 spiro atoms. The van der Waals surface area contributed by atoms with Crippen LogP contribution in [0, 0.1) is 5.92 Å². The second-order valence-electron chi connectivity index (χ2n) is 8.34. The number of hydrogen-bond acceptors (Lipinski definition) is 6. The Morgan fingerprint density at radius 3 is 2.67 bits per heavy atom. The monoisotopic (exact) mass is 473 g/mol. The van der Waals surface area contributed by atoms with E-state index in [0.29, 0.717) is 6.54 Å². The molecule has 1 aliphatic heterocycles. The first-order chi connectivity index (χ1) is 15.7. The second-order valence-corrected chi connectivity index (χ2v) is 10.4.